The molecular formula is C15H13Cl2N3S. The van der Waals surface area contributed by atoms with Crippen molar-refractivity contribution in [3.8, 4) is 0 Å². The first kappa shape index (κ1) is 15.8. The average molecular weight is 338 g/mol. The molecule has 2 aromatic carbocycles. The molecule has 0 saturated carbocycles. The summed E-state index contributed by atoms with van der Waals surface area (Å²) in [5.74, 6) is 0. The predicted molar refractivity (Wildman–Crippen MR) is 93.1 cm³/mol. The summed E-state index contributed by atoms with van der Waals surface area (Å²) in [4.78, 5) is 0. The highest BCUT2D eigenvalue weighted by Crippen LogP contribution is 2.19. The number of rotatable bonds is 4. The van der Waals surface area contributed by atoms with E-state index in [9.17, 15) is 0 Å². The zero-order valence-corrected chi connectivity index (χ0v) is 13.3. The molecule has 21 heavy (non-hydrogen) atoms. The van der Waals surface area contributed by atoms with Gasteiger partial charge in [0.05, 0.1) is 11.2 Å². The fraction of sp³-hybridized carbons (Fsp3) is 0.0667. The molecule has 0 fully saturated rings. The fourth-order valence-corrected chi connectivity index (χ4v) is 2.17. The van der Waals surface area contributed by atoms with Gasteiger partial charge in [-0.2, -0.15) is 5.10 Å². The molecule has 108 valence electrons. The number of nitrogens with zero attached hydrogens (tertiary/aromatic N) is 1. The third-order valence-corrected chi connectivity index (χ3v) is 3.43. The zero-order chi connectivity index (χ0) is 15.1. The van der Waals surface area contributed by atoms with E-state index >= 15 is 0 Å². The van der Waals surface area contributed by atoms with Crippen LogP contribution in [0.1, 0.15) is 11.1 Å². The smallest absolute Gasteiger partial charge is 0.187 e. The standard InChI is InChI=1S/C15H13Cl2N3S/c16-13-7-6-12(14(17)8-13)10-19-20-15(21)18-9-11-4-2-1-3-5-11/h1-8,10H,9H2,(H2,18,20,21). The number of nitrogens with one attached hydrogen (secondary N) is 2. The minimum Gasteiger partial charge on any atom is -0.357 e. The molecule has 0 radical (unpaired) electrons. The number of thiocarbonyl (C=S) groups is 1. The Balaban J connectivity index is 1.82. The lowest BCUT2D eigenvalue weighted by Gasteiger charge is -2.06. The molecular weight excluding hydrogens is 325 g/mol. The first-order valence-corrected chi connectivity index (χ1v) is 7.37. The van der Waals surface area contributed by atoms with Crippen LogP contribution in [-0.2, 0) is 6.54 Å². The number of hydrazone groups is 1. The molecule has 0 atom stereocenters. The number of hydrogen-bond donors (Lipinski definition) is 2. The molecule has 0 unspecified atom stereocenters. The van der Waals surface area contributed by atoms with Gasteiger partial charge in [0.15, 0.2) is 5.11 Å². The van der Waals surface area contributed by atoms with Crippen LogP contribution in [0.3, 0.4) is 0 Å². The molecule has 0 aliphatic rings. The Labute approximate surface area is 139 Å². The molecule has 2 aromatic rings. The Kier molecular flexibility index (Phi) is 5.99. The van der Waals surface area contributed by atoms with Crippen molar-refractivity contribution < 1.29 is 0 Å². The van der Waals surface area contributed by atoms with Crippen LogP contribution >= 0.6 is 35.4 Å². The van der Waals surface area contributed by atoms with Crippen molar-refractivity contribution in [3.63, 3.8) is 0 Å². The van der Waals surface area contributed by atoms with Crippen LogP contribution in [0.4, 0.5) is 0 Å². The highest BCUT2D eigenvalue weighted by molar-refractivity contribution is 7.80. The Morgan fingerprint density at radius 2 is 1.90 bits per heavy atom. The lowest BCUT2D eigenvalue weighted by atomic mass is 10.2. The van der Waals surface area contributed by atoms with Gasteiger partial charge in [0.1, 0.15) is 0 Å². The van der Waals surface area contributed by atoms with Gasteiger partial charge in [-0.1, -0.05) is 59.6 Å². The van der Waals surface area contributed by atoms with E-state index in [1.807, 2.05) is 30.3 Å². The largest absolute Gasteiger partial charge is 0.357 e. The molecule has 6 heteroatoms. The number of hydrogen-bond acceptors (Lipinski definition) is 2. The van der Waals surface area contributed by atoms with E-state index in [4.69, 9.17) is 35.4 Å². The highest BCUT2D eigenvalue weighted by Gasteiger charge is 1.98. The summed E-state index contributed by atoms with van der Waals surface area (Å²) in [5, 5.41) is 8.67. The van der Waals surface area contributed by atoms with Gasteiger partial charge >= 0.3 is 0 Å². The molecule has 0 amide bonds. The van der Waals surface area contributed by atoms with Crippen LogP contribution < -0.4 is 10.7 Å². The Morgan fingerprint density at radius 3 is 2.62 bits per heavy atom. The highest BCUT2D eigenvalue weighted by atomic mass is 35.5. The topological polar surface area (TPSA) is 36.4 Å². The molecule has 0 aliphatic heterocycles. The molecule has 0 aliphatic carbocycles. The van der Waals surface area contributed by atoms with Crippen LogP contribution in [0.2, 0.25) is 10.0 Å². The summed E-state index contributed by atoms with van der Waals surface area (Å²) in [5.41, 5.74) is 4.65. The van der Waals surface area contributed by atoms with Crippen LogP contribution in [0.25, 0.3) is 0 Å². The molecule has 0 heterocycles. The normalized spacial score (nSPS) is 10.6. The maximum atomic E-state index is 6.03. The molecule has 2 N–H and O–H groups in total. The predicted octanol–water partition coefficient (Wildman–Crippen LogP) is 3.99. The maximum Gasteiger partial charge on any atom is 0.187 e. The van der Waals surface area contributed by atoms with Crippen molar-refractivity contribution in [1.29, 1.82) is 0 Å². The summed E-state index contributed by atoms with van der Waals surface area (Å²) in [7, 11) is 0. The monoisotopic (exact) mass is 337 g/mol. The quantitative estimate of drug-likeness (QED) is 0.503. The molecule has 2 rings (SSSR count). The summed E-state index contributed by atoms with van der Waals surface area (Å²) in [6.07, 6.45) is 1.59. The molecule has 0 spiro atoms. The second-order valence-electron chi connectivity index (χ2n) is 4.20. The van der Waals surface area contributed by atoms with Gasteiger partial charge in [-0.15, -0.1) is 0 Å². The molecule has 0 bridgehead atoms. The van der Waals surface area contributed by atoms with Gasteiger partial charge in [0, 0.05) is 17.1 Å². The summed E-state index contributed by atoms with van der Waals surface area (Å²) in [6.45, 7) is 0.643. The van der Waals surface area contributed by atoms with Crippen LogP contribution in [0, 0.1) is 0 Å². The second-order valence-corrected chi connectivity index (χ2v) is 5.46. The Bertz CT molecular complexity index is 645. The molecule has 0 saturated heterocycles. The number of halogens is 2. The first-order chi connectivity index (χ1) is 10.1. The molecule has 3 nitrogen and oxygen atoms in total. The van der Waals surface area contributed by atoms with Gasteiger partial charge in [-0.05, 0) is 29.9 Å². The van der Waals surface area contributed by atoms with Gasteiger partial charge < -0.3 is 5.32 Å². The van der Waals surface area contributed by atoms with Crippen molar-refractivity contribution in [3.05, 3.63) is 69.7 Å². The van der Waals surface area contributed by atoms with Crippen LogP contribution in [0.15, 0.2) is 53.6 Å². The van der Waals surface area contributed by atoms with Crippen molar-refractivity contribution in [1.82, 2.24) is 10.7 Å². The van der Waals surface area contributed by atoms with Gasteiger partial charge in [0.2, 0.25) is 0 Å². The third kappa shape index (κ3) is 5.34. The van der Waals surface area contributed by atoms with Gasteiger partial charge in [-0.25, -0.2) is 0 Å². The van der Waals surface area contributed by atoms with Gasteiger partial charge in [0.25, 0.3) is 0 Å². The van der Waals surface area contributed by atoms with E-state index in [2.05, 4.69) is 15.8 Å². The lowest BCUT2D eigenvalue weighted by molar-refractivity contribution is 0.869. The van der Waals surface area contributed by atoms with Crippen molar-refractivity contribution >= 4 is 46.7 Å². The lowest BCUT2D eigenvalue weighted by Crippen LogP contribution is -2.31. The van der Waals surface area contributed by atoms with E-state index < -0.39 is 0 Å². The minimum absolute atomic E-state index is 0.445. The van der Waals surface area contributed by atoms with E-state index in [1.165, 1.54) is 0 Å². The maximum absolute atomic E-state index is 6.03. The number of benzene rings is 2. The summed E-state index contributed by atoms with van der Waals surface area (Å²) < 4.78 is 0. The van der Waals surface area contributed by atoms with Crippen LogP contribution in [0.5, 0.6) is 0 Å². The Morgan fingerprint density at radius 1 is 1.14 bits per heavy atom. The minimum atomic E-state index is 0.445. The van der Waals surface area contributed by atoms with Crippen molar-refractivity contribution in [2.24, 2.45) is 5.10 Å². The second kappa shape index (κ2) is 7.98. The SMILES string of the molecule is S=C(NCc1ccccc1)NN=Cc1ccc(Cl)cc1Cl. The zero-order valence-electron chi connectivity index (χ0n) is 11.0. The van der Waals surface area contributed by atoms with Crippen LogP contribution in [-0.4, -0.2) is 11.3 Å². The Hall–Kier alpha value is -1.62. The summed E-state index contributed by atoms with van der Waals surface area (Å²) in [6, 6.07) is 15.2. The average Bonchev–Trinajstić information content (AvgIpc) is 2.48. The van der Waals surface area contributed by atoms with Crippen molar-refractivity contribution in [2.45, 2.75) is 6.54 Å². The van der Waals surface area contributed by atoms with E-state index in [1.54, 1.807) is 24.4 Å². The summed E-state index contributed by atoms with van der Waals surface area (Å²) >= 11 is 17.0. The van der Waals surface area contributed by atoms with E-state index in [0.717, 1.165) is 11.1 Å². The molecule has 0 aromatic heterocycles. The van der Waals surface area contributed by atoms with Crippen molar-refractivity contribution in [2.75, 3.05) is 0 Å². The van der Waals surface area contributed by atoms with E-state index in [0.29, 0.717) is 21.7 Å². The fourth-order valence-electron chi connectivity index (χ4n) is 1.58. The third-order valence-electron chi connectivity index (χ3n) is 2.63. The van der Waals surface area contributed by atoms with Gasteiger partial charge in [-0.3, -0.25) is 5.43 Å². The van der Waals surface area contributed by atoms with E-state index in [-0.39, 0.29) is 0 Å². The first-order valence-electron chi connectivity index (χ1n) is 6.21.